The molecule has 0 fully saturated rings. The molecule has 0 saturated heterocycles. The van der Waals surface area contributed by atoms with Crippen LogP contribution in [0.1, 0.15) is 9.67 Å². The van der Waals surface area contributed by atoms with E-state index < -0.39 is 12.0 Å². The van der Waals surface area contributed by atoms with Gasteiger partial charge < -0.3 is 4.74 Å². The van der Waals surface area contributed by atoms with Crippen molar-refractivity contribution in [1.29, 1.82) is 0 Å². The van der Waals surface area contributed by atoms with Gasteiger partial charge in [-0.3, -0.25) is 4.79 Å². The van der Waals surface area contributed by atoms with Gasteiger partial charge in [-0.15, -0.1) is 11.3 Å². The SMILES string of the molecule is COC(=O)C1NSc2ccsc2C1=O. The molecule has 1 aliphatic rings. The van der Waals surface area contributed by atoms with E-state index in [0.717, 1.165) is 4.90 Å². The Morgan fingerprint density at radius 3 is 3.14 bits per heavy atom. The number of ketones is 1. The molecule has 0 bridgehead atoms. The Labute approximate surface area is 88.8 Å². The van der Waals surface area contributed by atoms with Gasteiger partial charge in [0.15, 0.2) is 6.04 Å². The maximum Gasteiger partial charge on any atom is 0.331 e. The zero-order chi connectivity index (χ0) is 10.1. The molecule has 1 aromatic heterocycles. The second-order valence-corrected chi connectivity index (χ2v) is 4.45. The smallest absolute Gasteiger partial charge is 0.331 e. The van der Waals surface area contributed by atoms with Crippen LogP contribution in [0.25, 0.3) is 0 Å². The van der Waals surface area contributed by atoms with Crippen LogP contribution in [0.4, 0.5) is 0 Å². The summed E-state index contributed by atoms with van der Waals surface area (Å²) in [6.45, 7) is 0. The molecule has 2 heterocycles. The number of hydrogen-bond donors (Lipinski definition) is 1. The molecular weight excluding hydrogens is 222 g/mol. The van der Waals surface area contributed by atoms with E-state index in [1.54, 1.807) is 0 Å². The van der Waals surface area contributed by atoms with E-state index >= 15 is 0 Å². The molecule has 1 unspecified atom stereocenters. The number of rotatable bonds is 1. The maximum absolute atomic E-state index is 11.7. The molecule has 0 saturated carbocycles. The molecule has 1 aliphatic heterocycles. The molecule has 4 nitrogen and oxygen atoms in total. The zero-order valence-electron chi connectivity index (χ0n) is 7.27. The zero-order valence-corrected chi connectivity index (χ0v) is 8.91. The van der Waals surface area contributed by atoms with E-state index in [4.69, 9.17) is 0 Å². The average molecular weight is 229 g/mol. The third kappa shape index (κ3) is 1.45. The number of hydrogen-bond acceptors (Lipinski definition) is 6. The normalized spacial score (nSPS) is 20.4. The number of thiophene rings is 1. The van der Waals surface area contributed by atoms with Crippen molar-refractivity contribution in [3.63, 3.8) is 0 Å². The lowest BCUT2D eigenvalue weighted by Crippen LogP contribution is -2.43. The monoisotopic (exact) mass is 229 g/mol. The number of carbonyl (C=O) groups excluding carboxylic acids is 2. The first-order chi connectivity index (χ1) is 6.74. The number of esters is 1. The molecule has 1 N–H and O–H groups in total. The molecule has 74 valence electrons. The van der Waals surface area contributed by atoms with Crippen LogP contribution in [0.15, 0.2) is 16.3 Å². The number of carbonyl (C=O) groups is 2. The molecule has 14 heavy (non-hydrogen) atoms. The fourth-order valence-electron chi connectivity index (χ4n) is 1.14. The van der Waals surface area contributed by atoms with Crippen molar-refractivity contribution in [2.24, 2.45) is 0 Å². The van der Waals surface area contributed by atoms with Gasteiger partial charge in [-0.2, -0.15) is 0 Å². The first-order valence-electron chi connectivity index (χ1n) is 3.86. The van der Waals surface area contributed by atoms with Crippen LogP contribution >= 0.6 is 23.3 Å². The molecule has 0 spiro atoms. The van der Waals surface area contributed by atoms with Crippen molar-refractivity contribution in [2.75, 3.05) is 7.11 Å². The van der Waals surface area contributed by atoms with E-state index in [-0.39, 0.29) is 5.78 Å². The van der Waals surface area contributed by atoms with Crippen LogP contribution in [0.5, 0.6) is 0 Å². The highest BCUT2D eigenvalue weighted by Crippen LogP contribution is 2.31. The first kappa shape index (κ1) is 9.70. The minimum Gasteiger partial charge on any atom is -0.467 e. The summed E-state index contributed by atoms with van der Waals surface area (Å²) in [6, 6.07) is 0.986. The lowest BCUT2D eigenvalue weighted by Gasteiger charge is -2.18. The Bertz CT molecular complexity index is 388. The van der Waals surface area contributed by atoms with Gasteiger partial charge in [0.1, 0.15) is 0 Å². The number of fused-ring (bicyclic) bond motifs is 1. The van der Waals surface area contributed by atoms with E-state index in [1.807, 2.05) is 11.4 Å². The predicted molar refractivity (Wildman–Crippen MR) is 53.4 cm³/mol. The van der Waals surface area contributed by atoms with Gasteiger partial charge in [0, 0.05) is 4.90 Å². The fraction of sp³-hybridized carbons (Fsp3) is 0.250. The summed E-state index contributed by atoms with van der Waals surface area (Å²) >= 11 is 2.64. The molecular formula is C8H7NO3S2. The van der Waals surface area contributed by atoms with Crippen molar-refractivity contribution in [2.45, 2.75) is 10.9 Å². The Hall–Kier alpha value is -0.850. The Morgan fingerprint density at radius 2 is 2.43 bits per heavy atom. The van der Waals surface area contributed by atoms with Crippen LogP contribution < -0.4 is 4.72 Å². The molecule has 6 heteroatoms. The molecule has 0 aromatic carbocycles. The summed E-state index contributed by atoms with van der Waals surface area (Å²) in [5.41, 5.74) is 0. The van der Waals surface area contributed by atoms with Gasteiger partial charge in [-0.05, 0) is 23.4 Å². The summed E-state index contributed by atoms with van der Waals surface area (Å²) in [7, 11) is 1.27. The van der Waals surface area contributed by atoms with Crippen molar-refractivity contribution >= 4 is 35.0 Å². The number of Topliss-reactive ketones (excluding diaryl/α,β-unsaturated/α-hetero) is 1. The number of methoxy groups -OCH3 is 1. The predicted octanol–water partition coefficient (Wildman–Crippen LogP) is 1.08. The number of nitrogens with one attached hydrogen (secondary N) is 1. The highest BCUT2D eigenvalue weighted by atomic mass is 32.2. The molecule has 0 aliphatic carbocycles. The van der Waals surface area contributed by atoms with Crippen LogP contribution in [-0.4, -0.2) is 24.9 Å². The van der Waals surface area contributed by atoms with E-state index in [0.29, 0.717) is 4.88 Å². The largest absolute Gasteiger partial charge is 0.467 e. The minimum atomic E-state index is -0.865. The van der Waals surface area contributed by atoms with Crippen LogP contribution in [0, 0.1) is 0 Å². The van der Waals surface area contributed by atoms with Crippen LogP contribution in [0.3, 0.4) is 0 Å². The van der Waals surface area contributed by atoms with Gasteiger partial charge >= 0.3 is 5.97 Å². The van der Waals surface area contributed by atoms with Gasteiger partial charge in [0.05, 0.1) is 12.0 Å². The standard InChI is InChI=1S/C8H7NO3S2/c1-12-8(11)5-6(10)7-4(14-9-5)2-3-13-7/h2-3,5,9H,1H3. The highest BCUT2D eigenvalue weighted by Gasteiger charge is 2.34. The third-order valence-corrected chi connectivity index (χ3v) is 3.81. The Balaban J connectivity index is 2.30. The average Bonchev–Trinajstić information content (AvgIpc) is 2.66. The van der Waals surface area contributed by atoms with Gasteiger partial charge in [-0.1, -0.05) is 0 Å². The quantitative estimate of drug-likeness (QED) is 0.443. The summed E-state index contributed by atoms with van der Waals surface area (Å²) < 4.78 is 7.28. The van der Waals surface area contributed by atoms with E-state index in [2.05, 4.69) is 9.46 Å². The number of ether oxygens (including phenoxy) is 1. The minimum absolute atomic E-state index is 0.208. The fourth-order valence-corrected chi connectivity index (χ4v) is 3.03. The summed E-state index contributed by atoms with van der Waals surface area (Å²) in [5, 5.41) is 1.83. The van der Waals surface area contributed by atoms with Gasteiger partial charge in [-0.25, -0.2) is 9.52 Å². The lowest BCUT2D eigenvalue weighted by molar-refractivity contribution is -0.141. The van der Waals surface area contributed by atoms with Crippen molar-refractivity contribution in [1.82, 2.24) is 4.72 Å². The van der Waals surface area contributed by atoms with Gasteiger partial charge in [0.25, 0.3) is 0 Å². The molecule has 1 aromatic rings. The highest BCUT2D eigenvalue weighted by molar-refractivity contribution is 7.97. The molecule has 2 rings (SSSR count). The molecule has 0 amide bonds. The molecule has 1 atom stereocenters. The second-order valence-electron chi connectivity index (χ2n) is 2.65. The van der Waals surface area contributed by atoms with E-state index in [1.165, 1.54) is 30.4 Å². The Morgan fingerprint density at radius 1 is 1.64 bits per heavy atom. The summed E-state index contributed by atoms with van der Waals surface area (Å²) in [6.07, 6.45) is 0. The third-order valence-electron chi connectivity index (χ3n) is 1.84. The van der Waals surface area contributed by atoms with Crippen molar-refractivity contribution < 1.29 is 14.3 Å². The summed E-state index contributed by atoms with van der Waals surface area (Å²) in [4.78, 5) is 24.4. The maximum atomic E-state index is 11.7. The van der Waals surface area contributed by atoms with Crippen molar-refractivity contribution in [3.05, 3.63) is 16.3 Å². The topological polar surface area (TPSA) is 55.4 Å². The van der Waals surface area contributed by atoms with E-state index in [9.17, 15) is 9.59 Å². The first-order valence-corrected chi connectivity index (χ1v) is 5.55. The lowest BCUT2D eigenvalue weighted by atomic mass is 10.1. The van der Waals surface area contributed by atoms with Gasteiger partial charge in [0.2, 0.25) is 5.78 Å². The molecule has 0 radical (unpaired) electrons. The van der Waals surface area contributed by atoms with Crippen LogP contribution in [-0.2, 0) is 9.53 Å². The van der Waals surface area contributed by atoms with Crippen LogP contribution in [0.2, 0.25) is 0 Å². The van der Waals surface area contributed by atoms with Crippen molar-refractivity contribution in [3.8, 4) is 0 Å². The Kier molecular flexibility index (Phi) is 2.58. The summed E-state index contributed by atoms with van der Waals surface area (Å²) in [5.74, 6) is -0.748. The second kappa shape index (κ2) is 3.72.